The Morgan fingerprint density at radius 3 is 2.09 bits per heavy atom. The normalized spacial score (nSPS) is 13.6. The molecular formula is C18H21O3P. The lowest BCUT2D eigenvalue weighted by Crippen LogP contribution is -2.17. The Hall–Kier alpha value is -1.70. The van der Waals surface area contributed by atoms with E-state index in [9.17, 15) is 9.36 Å². The second kappa shape index (κ2) is 6.60. The van der Waals surface area contributed by atoms with Gasteiger partial charge in [0.05, 0.1) is 6.61 Å². The van der Waals surface area contributed by atoms with E-state index < -0.39 is 12.9 Å². The van der Waals surface area contributed by atoms with Crippen molar-refractivity contribution in [2.75, 3.05) is 6.61 Å². The molecule has 0 radical (unpaired) electrons. The average Bonchev–Trinajstić information content (AvgIpc) is 2.47. The van der Waals surface area contributed by atoms with E-state index in [1.54, 1.807) is 31.2 Å². The Labute approximate surface area is 131 Å². The molecule has 0 aliphatic heterocycles. The molecule has 116 valence electrons. The molecule has 0 amide bonds. The lowest BCUT2D eigenvalue weighted by Gasteiger charge is -2.19. The summed E-state index contributed by atoms with van der Waals surface area (Å²) in [5, 5.41) is 0.446. The van der Waals surface area contributed by atoms with Crippen molar-refractivity contribution in [2.45, 2.75) is 27.7 Å². The van der Waals surface area contributed by atoms with Gasteiger partial charge in [-0.2, -0.15) is 0 Å². The van der Waals surface area contributed by atoms with Crippen molar-refractivity contribution >= 4 is 18.2 Å². The molecular weight excluding hydrogens is 295 g/mol. The molecule has 0 saturated heterocycles. The van der Waals surface area contributed by atoms with E-state index in [1.165, 1.54) is 0 Å². The van der Waals surface area contributed by atoms with Gasteiger partial charge in [-0.1, -0.05) is 35.9 Å². The second-order valence-corrected chi connectivity index (χ2v) is 7.67. The summed E-state index contributed by atoms with van der Waals surface area (Å²) in [6, 6.07) is 12.6. The quantitative estimate of drug-likeness (QED) is 0.768. The van der Waals surface area contributed by atoms with Gasteiger partial charge in [0, 0.05) is 10.9 Å². The highest BCUT2D eigenvalue weighted by Gasteiger charge is 2.37. The number of aryl methyl sites for hydroxylation is 3. The Balaban J connectivity index is 2.60. The molecule has 0 fully saturated rings. The van der Waals surface area contributed by atoms with Crippen LogP contribution in [-0.2, 0) is 9.09 Å². The molecule has 22 heavy (non-hydrogen) atoms. The van der Waals surface area contributed by atoms with Crippen LogP contribution in [0, 0.1) is 20.8 Å². The topological polar surface area (TPSA) is 43.4 Å². The molecule has 0 aliphatic carbocycles. The molecule has 0 N–H and O–H groups in total. The summed E-state index contributed by atoms with van der Waals surface area (Å²) in [6.07, 6.45) is 0. The summed E-state index contributed by atoms with van der Waals surface area (Å²) in [5.74, 6) is 0. The van der Waals surface area contributed by atoms with Gasteiger partial charge in [0.1, 0.15) is 0 Å². The molecule has 0 bridgehead atoms. The van der Waals surface area contributed by atoms with E-state index in [4.69, 9.17) is 4.52 Å². The zero-order chi connectivity index (χ0) is 16.3. The Bertz CT molecular complexity index is 712. The lowest BCUT2D eigenvalue weighted by atomic mass is 10.0. The first-order chi connectivity index (χ1) is 10.4. The standard InChI is InChI=1S/C18H21O3P/c1-5-21-22(20,16-9-7-6-8-10-16)18(19)17-14(3)11-13(2)12-15(17)4/h6-12H,5H2,1-4H3. The van der Waals surface area contributed by atoms with E-state index in [-0.39, 0.29) is 6.61 Å². The third kappa shape index (κ3) is 3.06. The van der Waals surface area contributed by atoms with Gasteiger partial charge < -0.3 is 4.52 Å². The lowest BCUT2D eigenvalue weighted by molar-refractivity contribution is 0.105. The van der Waals surface area contributed by atoms with E-state index in [1.807, 2.05) is 39.0 Å². The third-order valence-electron chi connectivity index (χ3n) is 3.57. The molecule has 0 aromatic heterocycles. The molecule has 0 saturated carbocycles. The third-order valence-corrected chi connectivity index (χ3v) is 5.92. The average molecular weight is 316 g/mol. The molecule has 2 aromatic rings. The second-order valence-electron chi connectivity index (χ2n) is 5.38. The number of rotatable bonds is 5. The van der Waals surface area contributed by atoms with Gasteiger partial charge >= 0.3 is 7.37 Å². The van der Waals surface area contributed by atoms with Gasteiger partial charge in [-0.25, -0.2) is 0 Å². The van der Waals surface area contributed by atoms with E-state index in [0.29, 0.717) is 10.9 Å². The number of hydrogen-bond acceptors (Lipinski definition) is 3. The van der Waals surface area contributed by atoms with Gasteiger partial charge in [-0.3, -0.25) is 9.36 Å². The fourth-order valence-electron chi connectivity index (χ4n) is 2.72. The fraction of sp³-hybridized carbons (Fsp3) is 0.278. The minimum absolute atomic E-state index is 0.224. The summed E-state index contributed by atoms with van der Waals surface area (Å²) in [4.78, 5) is 13.0. The zero-order valence-electron chi connectivity index (χ0n) is 13.4. The van der Waals surface area contributed by atoms with Gasteiger partial charge in [-0.05, 0) is 51.0 Å². The highest BCUT2D eigenvalue weighted by Crippen LogP contribution is 2.49. The summed E-state index contributed by atoms with van der Waals surface area (Å²) >= 11 is 0. The van der Waals surface area contributed by atoms with E-state index in [0.717, 1.165) is 16.7 Å². The maximum absolute atomic E-state index is 13.3. The van der Waals surface area contributed by atoms with Crippen LogP contribution >= 0.6 is 7.37 Å². The van der Waals surface area contributed by atoms with Crippen LogP contribution in [0.25, 0.3) is 0 Å². The van der Waals surface area contributed by atoms with Gasteiger partial charge in [0.2, 0.25) is 0 Å². The minimum atomic E-state index is -3.59. The highest BCUT2D eigenvalue weighted by atomic mass is 31.2. The molecule has 4 heteroatoms. The largest absolute Gasteiger partial charge is 0.320 e. The number of carbonyl (C=O) groups excluding carboxylic acids is 1. The van der Waals surface area contributed by atoms with Crippen molar-refractivity contribution in [3.63, 3.8) is 0 Å². The van der Waals surface area contributed by atoms with Crippen molar-refractivity contribution in [1.82, 2.24) is 0 Å². The van der Waals surface area contributed by atoms with E-state index in [2.05, 4.69) is 0 Å². The molecule has 2 rings (SSSR count). The molecule has 2 aromatic carbocycles. The van der Waals surface area contributed by atoms with Crippen LogP contribution < -0.4 is 5.30 Å². The molecule has 3 nitrogen and oxygen atoms in total. The van der Waals surface area contributed by atoms with Crippen molar-refractivity contribution in [1.29, 1.82) is 0 Å². The molecule has 0 heterocycles. The summed E-state index contributed by atoms with van der Waals surface area (Å²) in [7, 11) is -3.59. The SMILES string of the molecule is CCOP(=O)(C(=O)c1c(C)cc(C)cc1C)c1ccccc1. The number of carbonyl (C=O) groups is 1. The highest BCUT2D eigenvalue weighted by molar-refractivity contribution is 7.83. The van der Waals surface area contributed by atoms with Crippen LogP contribution in [0.3, 0.4) is 0 Å². The fourth-order valence-corrected chi connectivity index (χ4v) is 4.80. The van der Waals surface area contributed by atoms with Crippen molar-refractivity contribution < 1.29 is 13.9 Å². The van der Waals surface area contributed by atoms with Gasteiger partial charge in [-0.15, -0.1) is 0 Å². The first kappa shape index (κ1) is 16.7. The molecule has 1 atom stereocenters. The summed E-state index contributed by atoms with van der Waals surface area (Å²) in [5.41, 5.74) is 2.83. The van der Waals surface area contributed by atoms with Crippen LogP contribution in [0.4, 0.5) is 0 Å². The summed E-state index contributed by atoms with van der Waals surface area (Å²) in [6.45, 7) is 7.69. The van der Waals surface area contributed by atoms with Crippen LogP contribution in [0.1, 0.15) is 34.0 Å². The predicted molar refractivity (Wildman–Crippen MR) is 90.3 cm³/mol. The first-order valence-electron chi connectivity index (χ1n) is 7.33. The number of hydrogen-bond donors (Lipinski definition) is 0. The first-order valence-corrected chi connectivity index (χ1v) is 8.95. The maximum Gasteiger partial charge on any atom is 0.300 e. The van der Waals surface area contributed by atoms with Crippen molar-refractivity contribution in [2.24, 2.45) is 0 Å². The zero-order valence-corrected chi connectivity index (χ0v) is 14.3. The Morgan fingerprint density at radius 2 is 1.59 bits per heavy atom. The van der Waals surface area contributed by atoms with Crippen molar-refractivity contribution in [3.8, 4) is 0 Å². The van der Waals surface area contributed by atoms with Gasteiger partial charge in [0.25, 0.3) is 5.52 Å². The van der Waals surface area contributed by atoms with Crippen LogP contribution in [0.2, 0.25) is 0 Å². The maximum atomic E-state index is 13.3. The number of benzene rings is 2. The Kier molecular flexibility index (Phi) is 5.00. The monoisotopic (exact) mass is 316 g/mol. The van der Waals surface area contributed by atoms with Crippen LogP contribution in [0.5, 0.6) is 0 Å². The van der Waals surface area contributed by atoms with Crippen LogP contribution in [0.15, 0.2) is 42.5 Å². The smallest absolute Gasteiger partial charge is 0.300 e. The molecule has 0 spiro atoms. The molecule has 0 aliphatic rings. The van der Waals surface area contributed by atoms with Crippen molar-refractivity contribution in [3.05, 3.63) is 64.7 Å². The minimum Gasteiger partial charge on any atom is -0.320 e. The van der Waals surface area contributed by atoms with Gasteiger partial charge in [0.15, 0.2) is 0 Å². The van der Waals surface area contributed by atoms with E-state index >= 15 is 0 Å². The predicted octanol–water partition coefficient (Wildman–Crippen LogP) is 4.39. The molecule has 1 unspecified atom stereocenters. The summed E-state index contributed by atoms with van der Waals surface area (Å²) < 4.78 is 18.8. The van der Waals surface area contributed by atoms with Crippen LogP contribution in [-0.4, -0.2) is 12.1 Å². The Morgan fingerprint density at radius 1 is 1.05 bits per heavy atom.